The third-order valence-corrected chi connectivity index (χ3v) is 2.53. The summed E-state index contributed by atoms with van der Waals surface area (Å²) in [7, 11) is 0. The van der Waals surface area contributed by atoms with E-state index in [2.05, 4.69) is 38.6 Å². The second kappa shape index (κ2) is 5.94. The lowest BCUT2D eigenvalue weighted by Crippen LogP contribution is -2.10. The Morgan fingerprint density at radius 2 is 1.93 bits per heavy atom. The fourth-order valence-electron chi connectivity index (χ4n) is 1.49. The zero-order chi connectivity index (χ0) is 10.7. The topological polar surface area (TPSA) is 26.0 Å². The van der Waals surface area contributed by atoms with Crippen LogP contribution in [0.3, 0.4) is 0 Å². The summed E-state index contributed by atoms with van der Waals surface area (Å²) >= 11 is 0. The smallest absolute Gasteiger partial charge is 0.0332 e. The summed E-state index contributed by atoms with van der Waals surface area (Å²) in [6, 6.07) is 6.49. The van der Waals surface area contributed by atoms with Crippen molar-refractivity contribution >= 4 is 12.4 Å². The van der Waals surface area contributed by atoms with Gasteiger partial charge in [-0.1, -0.05) is 23.8 Å². The summed E-state index contributed by atoms with van der Waals surface area (Å²) in [6.45, 7) is 10.1. The molecule has 0 radical (unpaired) electrons. The van der Waals surface area contributed by atoms with E-state index in [9.17, 15) is 0 Å². The molecule has 0 aromatic heterocycles. The number of rotatable bonds is 3. The molecule has 2 heteroatoms. The lowest BCUT2D eigenvalue weighted by Gasteiger charge is -2.13. The summed E-state index contributed by atoms with van der Waals surface area (Å²) in [5.74, 6) is 0. The quantitative estimate of drug-likeness (QED) is 0.781. The number of hydrogen-bond donors (Lipinski definition) is 1. The maximum absolute atomic E-state index is 6.05. The third kappa shape index (κ3) is 4.06. The molecule has 1 aromatic carbocycles. The van der Waals surface area contributed by atoms with Gasteiger partial charge in [0, 0.05) is 6.04 Å². The van der Waals surface area contributed by atoms with Crippen molar-refractivity contribution in [2.24, 2.45) is 5.73 Å². The lowest BCUT2D eigenvalue weighted by molar-refractivity contribution is 0.716. The van der Waals surface area contributed by atoms with E-state index in [1.807, 2.05) is 6.92 Å². The van der Waals surface area contributed by atoms with Crippen molar-refractivity contribution in [1.29, 1.82) is 0 Å². The normalized spacial score (nSPS) is 11.7. The van der Waals surface area contributed by atoms with Gasteiger partial charge in [0.2, 0.25) is 0 Å². The lowest BCUT2D eigenvalue weighted by atomic mass is 9.98. The minimum Gasteiger partial charge on any atom is -0.324 e. The third-order valence-electron chi connectivity index (χ3n) is 2.53. The first-order valence-electron chi connectivity index (χ1n) is 4.98. The van der Waals surface area contributed by atoms with Gasteiger partial charge in [-0.05, 0) is 43.9 Å². The second-order valence-electron chi connectivity index (χ2n) is 4.11. The zero-order valence-corrected chi connectivity index (χ0v) is 10.5. The van der Waals surface area contributed by atoms with Gasteiger partial charge in [0.05, 0.1) is 0 Å². The van der Waals surface area contributed by atoms with Crippen LogP contribution in [0.1, 0.15) is 36.1 Å². The van der Waals surface area contributed by atoms with Gasteiger partial charge in [0.25, 0.3) is 0 Å². The zero-order valence-electron chi connectivity index (χ0n) is 9.71. The highest BCUT2D eigenvalue weighted by Gasteiger charge is 2.06. The van der Waals surface area contributed by atoms with Crippen molar-refractivity contribution in [3.05, 3.63) is 47.0 Å². The second-order valence-corrected chi connectivity index (χ2v) is 4.11. The first kappa shape index (κ1) is 14.2. The van der Waals surface area contributed by atoms with E-state index in [1.54, 1.807) is 0 Å². The van der Waals surface area contributed by atoms with Crippen LogP contribution >= 0.6 is 12.4 Å². The van der Waals surface area contributed by atoms with Gasteiger partial charge in [0.1, 0.15) is 0 Å². The monoisotopic (exact) mass is 225 g/mol. The molecule has 0 bridgehead atoms. The van der Waals surface area contributed by atoms with Crippen LogP contribution in [0.15, 0.2) is 30.4 Å². The molecule has 0 amide bonds. The Hall–Kier alpha value is -0.790. The van der Waals surface area contributed by atoms with Crippen LogP contribution in [0.2, 0.25) is 0 Å². The van der Waals surface area contributed by atoms with E-state index >= 15 is 0 Å². The Labute approximate surface area is 98.8 Å². The number of hydrogen-bond acceptors (Lipinski definition) is 1. The summed E-state index contributed by atoms with van der Waals surface area (Å²) in [5, 5.41) is 0. The van der Waals surface area contributed by atoms with Gasteiger partial charge in [-0.2, -0.15) is 0 Å². The highest BCUT2D eigenvalue weighted by molar-refractivity contribution is 5.85. The highest BCUT2D eigenvalue weighted by atomic mass is 35.5. The van der Waals surface area contributed by atoms with Crippen molar-refractivity contribution in [3.8, 4) is 0 Å². The van der Waals surface area contributed by atoms with Crippen molar-refractivity contribution in [1.82, 2.24) is 0 Å². The molecular weight excluding hydrogens is 206 g/mol. The Balaban J connectivity index is 0.00000196. The predicted molar refractivity (Wildman–Crippen MR) is 69.5 cm³/mol. The van der Waals surface area contributed by atoms with E-state index < -0.39 is 0 Å². The van der Waals surface area contributed by atoms with Crippen LogP contribution in [-0.4, -0.2) is 0 Å². The molecule has 1 rings (SSSR count). The average Bonchev–Trinajstić information content (AvgIpc) is 2.08. The van der Waals surface area contributed by atoms with Crippen LogP contribution in [0.5, 0.6) is 0 Å². The molecular formula is C13H20ClN. The molecule has 0 saturated carbocycles. The Kier molecular flexibility index (Phi) is 5.63. The summed E-state index contributed by atoms with van der Waals surface area (Å²) in [4.78, 5) is 0. The van der Waals surface area contributed by atoms with Crippen LogP contribution in [0, 0.1) is 13.8 Å². The molecule has 1 atom stereocenters. The van der Waals surface area contributed by atoms with Gasteiger partial charge >= 0.3 is 0 Å². The minimum atomic E-state index is 0. The van der Waals surface area contributed by atoms with Crippen LogP contribution in [-0.2, 0) is 0 Å². The van der Waals surface area contributed by atoms with Crippen molar-refractivity contribution in [3.63, 3.8) is 0 Å². The largest absolute Gasteiger partial charge is 0.324 e. The van der Waals surface area contributed by atoms with E-state index in [0.29, 0.717) is 0 Å². The molecule has 0 unspecified atom stereocenters. The van der Waals surface area contributed by atoms with Crippen molar-refractivity contribution in [2.75, 3.05) is 0 Å². The molecule has 0 aliphatic carbocycles. The SMILES string of the molecule is C=C(C)C[C@@H](N)c1ccc(C)c(C)c1.Cl. The first-order valence-corrected chi connectivity index (χ1v) is 4.98. The molecule has 0 spiro atoms. The number of halogens is 1. The van der Waals surface area contributed by atoms with Crippen LogP contribution < -0.4 is 5.73 Å². The number of nitrogens with two attached hydrogens (primary N) is 1. The minimum absolute atomic E-state index is 0. The summed E-state index contributed by atoms with van der Waals surface area (Å²) in [5.41, 5.74) is 11.0. The summed E-state index contributed by atoms with van der Waals surface area (Å²) < 4.78 is 0. The van der Waals surface area contributed by atoms with E-state index in [-0.39, 0.29) is 18.4 Å². The predicted octanol–water partition coefficient (Wildman–Crippen LogP) is 3.69. The fraction of sp³-hybridized carbons (Fsp3) is 0.385. The number of benzene rings is 1. The van der Waals surface area contributed by atoms with Gasteiger partial charge in [-0.15, -0.1) is 19.0 Å². The van der Waals surface area contributed by atoms with Gasteiger partial charge in [-0.25, -0.2) is 0 Å². The first-order chi connectivity index (χ1) is 6.50. The highest BCUT2D eigenvalue weighted by Crippen LogP contribution is 2.20. The van der Waals surface area contributed by atoms with Gasteiger partial charge < -0.3 is 5.73 Å². The van der Waals surface area contributed by atoms with Crippen LogP contribution in [0.4, 0.5) is 0 Å². The van der Waals surface area contributed by atoms with E-state index in [4.69, 9.17) is 5.73 Å². The number of aryl methyl sites for hydroxylation is 2. The maximum Gasteiger partial charge on any atom is 0.0332 e. The molecule has 2 N–H and O–H groups in total. The fourth-order valence-corrected chi connectivity index (χ4v) is 1.49. The Morgan fingerprint density at radius 1 is 1.33 bits per heavy atom. The van der Waals surface area contributed by atoms with Gasteiger partial charge in [0.15, 0.2) is 0 Å². The Bertz CT molecular complexity index is 344. The molecule has 0 aliphatic heterocycles. The molecule has 84 valence electrons. The van der Waals surface area contributed by atoms with Crippen molar-refractivity contribution < 1.29 is 0 Å². The molecule has 15 heavy (non-hydrogen) atoms. The van der Waals surface area contributed by atoms with E-state index in [1.165, 1.54) is 16.7 Å². The average molecular weight is 226 g/mol. The molecule has 0 fully saturated rings. The maximum atomic E-state index is 6.05. The molecule has 1 aromatic rings. The molecule has 0 saturated heterocycles. The standard InChI is InChI=1S/C13H19N.ClH/c1-9(2)7-13(14)12-6-5-10(3)11(4)8-12;/h5-6,8,13H,1,7,14H2,2-4H3;1H/t13-;/m1./s1. The van der Waals surface area contributed by atoms with Crippen LogP contribution in [0.25, 0.3) is 0 Å². The molecule has 0 aliphatic rings. The van der Waals surface area contributed by atoms with E-state index in [0.717, 1.165) is 12.0 Å². The molecule has 1 nitrogen and oxygen atoms in total. The summed E-state index contributed by atoms with van der Waals surface area (Å²) in [6.07, 6.45) is 0.864. The Morgan fingerprint density at radius 3 is 2.40 bits per heavy atom. The van der Waals surface area contributed by atoms with Gasteiger partial charge in [-0.3, -0.25) is 0 Å². The molecule has 0 heterocycles. The van der Waals surface area contributed by atoms with Crippen molar-refractivity contribution in [2.45, 2.75) is 33.2 Å².